The first-order chi connectivity index (χ1) is 8.59. The van der Waals surface area contributed by atoms with Crippen LogP contribution in [0.25, 0.3) is 0 Å². The summed E-state index contributed by atoms with van der Waals surface area (Å²) in [5.41, 5.74) is -0.140. The molecule has 6 nitrogen and oxygen atoms in total. The molecule has 1 aliphatic rings. The molecule has 1 aromatic carbocycles. The molecule has 0 fully saturated rings. The van der Waals surface area contributed by atoms with Crippen LogP contribution in [0, 0.1) is 10.1 Å². The van der Waals surface area contributed by atoms with Crippen LogP contribution in [0.3, 0.4) is 0 Å². The van der Waals surface area contributed by atoms with Gasteiger partial charge in [-0.25, -0.2) is 0 Å². The lowest BCUT2D eigenvalue weighted by molar-refractivity contribution is -0.385. The van der Waals surface area contributed by atoms with Crippen LogP contribution in [-0.4, -0.2) is 33.9 Å². The predicted octanol–water partition coefficient (Wildman–Crippen LogP) is 1.70. The number of carbonyl (C=O) groups is 1. The van der Waals surface area contributed by atoms with Crippen LogP contribution < -0.4 is 0 Å². The summed E-state index contributed by atoms with van der Waals surface area (Å²) in [5.74, 6) is -0.719. The maximum Gasteiger partial charge on any atom is 0.310 e. The van der Waals surface area contributed by atoms with E-state index in [0.717, 1.165) is 18.6 Å². The summed E-state index contributed by atoms with van der Waals surface area (Å²) in [7, 11) is 0. The SMILES string of the molecule is O=C(c1ccc([N+](=O)[O-])c(O)c1)N1CC=CCC1. The number of rotatable bonds is 2. The van der Waals surface area contributed by atoms with E-state index in [1.807, 2.05) is 12.2 Å². The molecule has 1 amide bonds. The minimum Gasteiger partial charge on any atom is -0.502 e. The molecule has 1 N–H and O–H groups in total. The van der Waals surface area contributed by atoms with Crippen molar-refractivity contribution >= 4 is 11.6 Å². The highest BCUT2D eigenvalue weighted by Crippen LogP contribution is 2.26. The molecular formula is C12H12N2O4. The Balaban J connectivity index is 2.23. The molecule has 0 saturated carbocycles. The summed E-state index contributed by atoms with van der Waals surface area (Å²) in [6, 6.07) is 3.64. The van der Waals surface area contributed by atoms with E-state index < -0.39 is 16.4 Å². The molecule has 0 atom stereocenters. The number of aromatic hydroxyl groups is 1. The number of carbonyl (C=O) groups excluding carboxylic acids is 1. The van der Waals surface area contributed by atoms with Gasteiger partial charge in [-0.3, -0.25) is 14.9 Å². The zero-order valence-corrected chi connectivity index (χ0v) is 9.57. The van der Waals surface area contributed by atoms with Gasteiger partial charge in [0.15, 0.2) is 5.75 Å². The van der Waals surface area contributed by atoms with Crippen molar-refractivity contribution in [1.29, 1.82) is 0 Å². The third-order valence-corrected chi connectivity index (χ3v) is 2.76. The van der Waals surface area contributed by atoms with Crippen molar-refractivity contribution in [3.05, 3.63) is 46.0 Å². The molecule has 0 radical (unpaired) electrons. The van der Waals surface area contributed by atoms with Gasteiger partial charge >= 0.3 is 5.69 Å². The van der Waals surface area contributed by atoms with Crippen LogP contribution in [-0.2, 0) is 0 Å². The zero-order valence-electron chi connectivity index (χ0n) is 9.57. The molecule has 2 rings (SSSR count). The van der Waals surface area contributed by atoms with Crippen molar-refractivity contribution in [1.82, 2.24) is 4.90 Å². The number of phenolic OH excluding ortho intramolecular Hbond substituents is 1. The Kier molecular flexibility index (Phi) is 3.27. The summed E-state index contributed by atoms with van der Waals surface area (Å²) in [6.07, 6.45) is 4.69. The zero-order chi connectivity index (χ0) is 13.1. The Morgan fingerprint density at radius 2 is 2.17 bits per heavy atom. The van der Waals surface area contributed by atoms with Gasteiger partial charge in [0.2, 0.25) is 0 Å². The molecule has 1 aromatic rings. The van der Waals surface area contributed by atoms with Gasteiger partial charge in [0, 0.05) is 24.7 Å². The van der Waals surface area contributed by atoms with Gasteiger partial charge in [0.25, 0.3) is 5.91 Å². The van der Waals surface area contributed by atoms with Gasteiger partial charge in [-0.05, 0) is 18.6 Å². The van der Waals surface area contributed by atoms with Crippen molar-refractivity contribution in [2.24, 2.45) is 0 Å². The Morgan fingerprint density at radius 3 is 2.72 bits per heavy atom. The Morgan fingerprint density at radius 1 is 1.39 bits per heavy atom. The van der Waals surface area contributed by atoms with Gasteiger partial charge in [-0.1, -0.05) is 12.2 Å². The molecule has 18 heavy (non-hydrogen) atoms. The molecule has 0 aromatic heterocycles. The first-order valence-electron chi connectivity index (χ1n) is 5.51. The van der Waals surface area contributed by atoms with E-state index in [1.54, 1.807) is 4.90 Å². The van der Waals surface area contributed by atoms with Crippen LogP contribution in [0.15, 0.2) is 30.4 Å². The molecule has 0 unspecified atom stereocenters. The van der Waals surface area contributed by atoms with Crippen molar-refractivity contribution in [3.8, 4) is 5.75 Å². The van der Waals surface area contributed by atoms with Crippen molar-refractivity contribution in [3.63, 3.8) is 0 Å². The van der Waals surface area contributed by atoms with Gasteiger partial charge < -0.3 is 10.0 Å². The number of amides is 1. The standard InChI is InChI=1S/C12H12N2O4/c15-11-8-9(4-5-10(11)14(17)18)12(16)13-6-2-1-3-7-13/h1-2,4-5,8,15H,3,6-7H2. The van der Waals surface area contributed by atoms with E-state index in [0.29, 0.717) is 13.1 Å². The monoisotopic (exact) mass is 248 g/mol. The van der Waals surface area contributed by atoms with Crippen molar-refractivity contribution in [2.45, 2.75) is 6.42 Å². The van der Waals surface area contributed by atoms with Crippen LogP contribution in [0.4, 0.5) is 5.69 Å². The van der Waals surface area contributed by atoms with Gasteiger partial charge in [0.1, 0.15) is 0 Å². The van der Waals surface area contributed by atoms with Gasteiger partial charge in [-0.15, -0.1) is 0 Å². The molecular weight excluding hydrogens is 236 g/mol. The minimum absolute atomic E-state index is 0.232. The molecule has 0 aliphatic carbocycles. The summed E-state index contributed by atoms with van der Waals surface area (Å²) < 4.78 is 0. The quantitative estimate of drug-likeness (QED) is 0.490. The van der Waals surface area contributed by atoms with Crippen LogP contribution in [0.1, 0.15) is 16.8 Å². The van der Waals surface area contributed by atoms with E-state index in [2.05, 4.69) is 0 Å². The van der Waals surface area contributed by atoms with Crippen LogP contribution >= 0.6 is 0 Å². The lowest BCUT2D eigenvalue weighted by Gasteiger charge is -2.23. The molecule has 0 bridgehead atoms. The average Bonchev–Trinajstić information content (AvgIpc) is 2.38. The highest BCUT2D eigenvalue weighted by atomic mass is 16.6. The summed E-state index contributed by atoms with van der Waals surface area (Å²) in [6.45, 7) is 1.14. The summed E-state index contributed by atoms with van der Waals surface area (Å²) >= 11 is 0. The van der Waals surface area contributed by atoms with Gasteiger partial charge in [-0.2, -0.15) is 0 Å². The number of hydrogen-bond acceptors (Lipinski definition) is 4. The number of hydrogen-bond donors (Lipinski definition) is 1. The van der Waals surface area contributed by atoms with E-state index in [-0.39, 0.29) is 11.5 Å². The molecule has 0 saturated heterocycles. The Hall–Kier alpha value is -2.37. The molecule has 94 valence electrons. The third kappa shape index (κ3) is 2.32. The second kappa shape index (κ2) is 4.87. The maximum atomic E-state index is 12.0. The molecule has 1 aliphatic heterocycles. The fourth-order valence-corrected chi connectivity index (χ4v) is 1.82. The van der Waals surface area contributed by atoms with E-state index in [4.69, 9.17) is 0 Å². The number of nitro benzene ring substituents is 1. The Labute approximate surface area is 103 Å². The average molecular weight is 248 g/mol. The fourth-order valence-electron chi connectivity index (χ4n) is 1.82. The van der Waals surface area contributed by atoms with E-state index in [9.17, 15) is 20.0 Å². The van der Waals surface area contributed by atoms with Crippen molar-refractivity contribution < 1.29 is 14.8 Å². The largest absolute Gasteiger partial charge is 0.502 e. The highest BCUT2D eigenvalue weighted by Gasteiger charge is 2.20. The number of benzene rings is 1. The molecule has 0 spiro atoms. The normalized spacial score (nSPS) is 14.6. The van der Waals surface area contributed by atoms with E-state index >= 15 is 0 Å². The number of nitro groups is 1. The van der Waals surface area contributed by atoms with Crippen LogP contribution in [0.5, 0.6) is 5.75 Å². The van der Waals surface area contributed by atoms with Crippen molar-refractivity contribution in [2.75, 3.05) is 13.1 Å². The smallest absolute Gasteiger partial charge is 0.310 e. The highest BCUT2D eigenvalue weighted by molar-refractivity contribution is 5.95. The lowest BCUT2D eigenvalue weighted by atomic mass is 10.1. The number of nitrogens with zero attached hydrogens (tertiary/aromatic N) is 2. The second-order valence-corrected chi connectivity index (χ2v) is 3.97. The van der Waals surface area contributed by atoms with Crippen LogP contribution in [0.2, 0.25) is 0 Å². The van der Waals surface area contributed by atoms with E-state index in [1.165, 1.54) is 6.07 Å². The third-order valence-electron chi connectivity index (χ3n) is 2.76. The topological polar surface area (TPSA) is 83.7 Å². The summed E-state index contributed by atoms with van der Waals surface area (Å²) in [4.78, 5) is 23.5. The van der Waals surface area contributed by atoms with Gasteiger partial charge in [0.05, 0.1) is 4.92 Å². The number of phenols is 1. The maximum absolute atomic E-state index is 12.0. The molecule has 6 heteroatoms. The fraction of sp³-hybridized carbons (Fsp3) is 0.250. The lowest BCUT2D eigenvalue weighted by Crippen LogP contribution is -2.33. The first kappa shape index (κ1) is 12.1. The predicted molar refractivity (Wildman–Crippen MR) is 64.4 cm³/mol. The minimum atomic E-state index is -0.687. The summed E-state index contributed by atoms with van der Waals surface area (Å²) in [5, 5.41) is 20.0. The first-order valence-corrected chi connectivity index (χ1v) is 5.51. The second-order valence-electron chi connectivity index (χ2n) is 3.97. The Bertz CT molecular complexity index is 525. The molecule has 1 heterocycles.